The van der Waals surface area contributed by atoms with Crippen LogP contribution in [0.3, 0.4) is 0 Å². The van der Waals surface area contributed by atoms with Gasteiger partial charge in [-0.25, -0.2) is 0 Å². The van der Waals surface area contributed by atoms with Gasteiger partial charge in [0.05, 0.1) is 5.92 Å². The van der Waals surface area contributed by atoms with Gasteiger partial charge in [0.1, 0.15) is 0 Å². The quantitative estimate of drug-likeness (QED) is 0.764. The number of unbranched alkanes of at least 4 members (excludes halogenated alkanes) is 1. The topological polar surface area (TPSA) is 49.3 Å². The van der Waals surface area contributed by atoms with E-state index >= 15 is 0 Å². The maximum absolute atomic E-state index is 11.3. The van der Waals surface area contributed by atoms with E-state index in [2.05, 4.69) is 24.4 Å². The predicted octanol–water partition coefficient (Wildman–Crippen LogP) is 3.45. The third-order valence-corrected chi connectivity index (χ3v) is 4.37. The molecule has 2 rings (SSSR count). The summed E-state index contributed by atoms with van der Waals surface area (Å²) in [4.78, 5) is 11.3. The molecule has 0 aromatic heterocycles. The molecule has 0 bridgehead atoms. The molecule has 1 aromatic carbocycles. The lowest BCUT2D eigenvalue weighted by Gasteiger charge is -2.39. The lowest BCUT2D eigenvalue weighted by Crippen LogP contribution is -2.45. The van der Waals surface area contributed by atoms with E-state index in [4.69, 9.17) is 0 Å². The van der Waals surface area contributed by atoms with E-state index in [-0.39, 0.29) is 5.92 Å². The number of rotatable bonds is 8. The van der Waals surface area contributed by atoms with Crippen LogP contribution in [0, 0.1) is 11.8 Å². The summed E-state index contributed by atoms with van der Waals surface area (Å²) in [6.07, 6.45) is 4.95. The van der Waals surface area contributed by atoms with Crippen LogP contribution < -0.4 is 5.32 Å². The van der Waals surface area contributed by atoms with Crippen molar-refractivity contribution in [1.82, 2.24) is 5.32 Å². The Morgan fingerprint density at radius 1 is 1.35 bits per heavy atom. The molecule has 1 saturated carbocycles. The van der Waals surface area contributed by atoms with Gasteiger partial charge in [0.25, 0.3) is 0 Å². The van der Waals surface area contributed by atoms with Crippen molar-refractivity contribution in [3.05, 3.63) is 35.9 Å². The van der Waals surface area contributed by atoms with Gasteiger partial charge in [0, 0.05) is 12.6 Å². The molecule has 0 aliphatic heterocycles. The van der Waals surface area contributed by atoms with Crippen molar-refractivity contribution in [2.45, 2.75) is 51.6 Å². The minimum absolute atomic E-state index is 0.135. The first-order valence-corrected chi connectivity index (χ1v) is 7.70. The number of hydrogen-bond donors (Lipinski definition) is 2. The Morgan fingerprint density at radius 2 is 2.05 bits per heavy atom. The number of nitrogens with one attached hydrogen (secondary N) is 1. The van der Waals surface area contributed by atoms with Crippen molar-refractivity contribution in [1.29, 1.82) is 0 Å². The van der Waals surface area contributed by atoms with E-state index in [0.29, 0.717) is 12.0 Å². The number of hydrogen-bond acceptors (Lipinski definition) is 2. The van der Waals surface area contributed by atoms with Gasteiger partial charge in [-0.15, -0.1) is 0 Å². The average Bonchev–Trinajstić information content (AvgIpc) is 2.41. The Bertz CT molecular complexity index is 412. The molecule has 0 saturated heterocycles. The van der Waals surface area contributed by atoms with E-state index in [0.717, 1.165) is 38.6 Å². The second-order valence-electron chi connectivity index (χ2n) is 5.88. The van der Waals surface area contributed by atoms with Crippen LogP contribution in [0.4, 0.5) is 0 Å². The van der Waals surface area contributed by atoms with E-state index in [1.54, 1.807) is 0 Å². The van der Waals surface area contributed by atoms with Crippen LogP contribution in [-0.2, 0) is 11.3 Å². The highest BCUT2D eigenvalue weighted by atomic mass is 16.4. The first-order valence-electron chi connectivity index (χ1n) is 7.70. The van der Waals surface area contributed by atoms with Gasteiger partial charge >= 0.3 is 5.97 Å². The van der Waals surface area contributed by atoms with E-state index < -0.39 is 5.97 Å². The van der Waals surface area contributed by atoms with E-state index in [1.807, 2.05) is 18.2 Å². The highest BCUT2D eigenvalue weighted by Crippen LogP contribution is 2.36. The molecule has 1 aliphatic rings. The zero-order valence-corrected chi connectivity index (χ0v) is 12.2. The fraction of sp³-hybridized carbons (Fsp3) is 0.588. The molecule has 1 fully saturated rings. The molecule has 0 amide bonds. The van der Waals surface area contributed by atoms with Crippen LogP contribution in [0.2, 0.25) is 0 Å². The van der Waals surface area contributed by atoms with Gasteiger partial charge in [-0.3, -0.25) is 4.79 Å². The SMILES string of the molecule is CCCCC(C(=O)O)C1CC(NCc2ccccc2)C1. The number of benzene rings is 1. The second kappa shape index (κ2) is 7.44. The molecule has 1 atom stereocenters. The summed E-state index contributed by atoms with van der Waals surface area (Å²) < 4.78 is 0. The summed E-state index contributed by atoms with van der Waals surface area (Å²) in [7, 11) is 0. The first-order chi connectivity index (χ1) is 9.70. The molecule has 1 aromatic rings. The van der Waals surface area contributed by atoms with Crippen LogP contribution in [-0.4, -0.2) is 17.1 Å². The van der Waals surface area contributed by atoms with Gasteiger partial charge in [0.15, 0.2) is 0 Å². The van der Waals surface area contributed by atoms with Gasteiger partial charge in [-0.1, -0.05) is 50.1 Å². The minimum atomic E-state index is -0.607. The van der Waals surface area contributed by atoms with Crippen molar-refractivity contribution >= 4 is 5.97 Å². The van der Waals surface area contributed by atoms with E-state index in [1.165, 1.54) is 5.56 Å². The average molecular weight is 275 g/mol. The number of aliphatic carboxylic acids is 1. The predicted molar refractivity (Wildman–Crippen MR) is 80.4 cm³/mol. The summed E-state index contributed by atoms with van der Waals surface area (Å²) in [6, 6.07) is 10.8. The van der Waals surface area contributed by atoms with Crippen LogP contribution in [0.1, 0.15) is 44.6 Å². The zero-order chi connectivity index (χ0) is 14.4. The van der Waals surface area contributed by atoms with Crippen molar-refractivity contribution in [3.63, 3.8) is 0 Å². The summed E-state index contributed by atoms with van der Waals surface area (Å²) >= 11 is 0. The Kier molecular flexibility index (Phi) is 5.60. The Balaban J connectivity index is 1.71. The fourth-order valence-corrected chi connectivity index (χ4v) is 3.00. The van der Waals surface area contributed by atoms with Crippen molar-refractivity contribution in [3.8, 4) is 0 Å². The van der Waals surface area contributed by atoms with Gasteiger partial charge < -0.3 is 10.4 Å². The standard InChI is InChI=1S/C17H25NO2/c1-2-3-9-16(17(19)20)14-10-15(11-14)18-12-13-7-5-4-6-8-13/h4-8,14-16,18H,2-3,9-12H2,1H3,(H,19,20). The molecule has 20 heavy (non-hydrogen) atoms. The normalized spacial score (nSPS) is 23.1. The molecule has 0 radical (unpaired) electrons. The van der Waals surface area contributed by atoms with Crippen molar-refractivity contribution in [2.75, 3.05) is 0 Å². The summed E-state index contributed by atoms with van der Waals surface area (Å²) in [5.41, 5.74) is 1.29. The molecule has 0 spiro atoms. The van der Waals surface area contributed by atoms with Crippen molar-refractivity contribution in [2.24, 2.45) is 11.8 Å². The third-order valence-electron chi connectivity index (χ3n) is 4.37. The monoisotopic (exact) mass is 275 g/mol. The van der Waals surface area contributed by atoms with Crippen molar-refractivity contribution < 1.29 is 9.90 Å². The minimum Gasteiger partial charge on any atom is -0.481 e. The summed E-state index contributed by atoms with van der Waals surface area (Å²) in [6.45, 7) is 2.99. The molecular formula is C17H25NO2. The molecular weight excluding hydrogens is 250 g/mol. The highest BCUT2D eigenvalue weighted by molar-refractivity contribution is 5.70. The molecule has 3 heteroatoms. The smallest absolute Gasteiger partial charge is 0.306 e. The molecule has 110 valence electrons. The van der Waals surface area contributed by atoms with Crippen LogP contribution >= 0.6 is 0 Å². The maximum atomic E-state index is 11.3. The van der Waals surface area contributed by atoms with Crippen LogP contribution in [0.15, 0.2) is 30.3 Å². The first kappa shape index (κ1) is 15.0. The Morgan fingerprint density at radius 3 is 2.65 bits per heavy atom. The second-order valence-corrected chi connectivity index (χ2v) is 5.88. The molecule has 0 heterocycles. The fourth-order valence-electron chi connectivity index (χ4n) is 3.00. The van der Waals surface area contributed by atoms with Gasteiger partial charge in [-0.05, 0) is 30.7 Å². The molecule has 2 N–H and O–H groups in total. The molecule has 1 aliphatic carbocycles. The number of carboxylic acids is 1. The molecule has 1 unspecified atom stereocenters. The van der Waals surface area contributed by atoms with Gasteiger partial charge in [-0.2, -0.15) is 0 Å². The third kappa shape index (κ3) is 4.07. The molecule has 3 nitrogen and oxygen atoms in total. The van der Waals surface area contributed by atoms with Crippen LogP contribution in [0.25, 0.3) is 0 Å². The lowest BCUT2D eigenvalue weighted by molar-refractivity contribution is -0.145. The number of carboxylic acid groups (broad SMARTS) is 1. The number of carbonyl (C=O) groups is 1. The lowest BCUT2D eigenvalue weighted by atomic mass is 9.70. The highest BCUT2D eigenvalue weighted by Gasteiger charge is 2.37. The largest absolute Gasteiger partial charge is 0.481 e. The van der Waals surface area contributed by atoms with E-state index in [9.17, 15) is 9.90 Å². The van der Waals surface area contributed by atoms with Gasteiger partial charge in [0.2, 0.25) is 0 Å². The Labute approximate surface area is 121 Å². The summed E-state index contributed by atoms with van der Waals surface area (Å²) in [5.74, 6) is -0.373. The summed E-state index contributed by atoms with van der Waals surface area (Å²) in [5, 5.41) is 12.8. The maximum Gasteiger partial charge on any atom is 0.306 e. The van der Waals surface area contributed by atoms with Crippen LogP contribution in [0.5, 0.6) is 0 Å². The zero-order valence-electron chi connectivity index (χ0n) is 12.2. The Hall–Kier alpha value is -1.35.